The first kappa shape index (κ1) is 20.9. The fraction of sp³-hybridized carbons (Fsp3) is 0.208. The van der Waals surface area contributed by atoms with Crippen molar-refractivity contribution in [2.45, 2.75) is 6.17 Å². The molecule has 1 aromatic carbocycles. The Balaban J connectivity index is 1.44. The Morgan fingerprint density at radius 2 is 1.97 bits per heavy atom. The van der Waals surface area contributed by atoms with Gasteiger partial charge in [-0.3, -0.25) is 4.79 Å². The van der Waals surface area contributed by atoms with Crippen LogP contribution in [0.15, 0.2) is 54.9 Å². The third-order valence-electron chi connectivity index (χ3n) is 5.72. The SMILES string of the molecule is NC(=O)c1cn(-c2ccnc(Nc3ccc(N4CCNCC4)cc3)n2)c2c1=CC=CC(F)C=2. The maximum atomic E-state index is 14.2. The smallest absolute Gasteiger partial charge is 0.250 e. The van der Waals surface area contributed by atoms with Crippen molar-refractivity contribution in [3.05, 3.63) is 71.0 Å². The fourth-order valence-electron chi connectivity index (χ4n) is 4.08. The Morgan fingerprint density at radius 3 is 2.73 bits per heavy atom. The molecule has 0 saturated carbocycles. The number of primary amides is 1. The molecule has 1 atom stereocenters. The summed E-state index contributed by atoms with van der Waals surface area (Å²) in [4.78, 5) is 23.2. The summed E-state index contributed by atoms with van der Waals surface area (Å²) in [5.41, 5.74) is 7.88. The van der Waals surface area contributed by atoms with Crippen LogP contribution >= 0.6 is 0 Å². The second-order valence-corrected chi connectivity index (χ2v) is 7.89. The van der Waals surface area contributed by atoms with Crippen molar-refractivity contribution in [2.75, 3.05) is 36.4 Å². The highest BCUT2D eigenvalue weighted by atomic mass is 19.1. The van der Waals surface area contributed by atoms with Crippen molar-refractivity contribution in [3.8, 4) is 5.82 Å². The normalized spacial score (nSPS) is 17.5. The highest BCUT2D eigenvalue weighted by Gasteiger charge is 2.15. The molecule has 1 aliphatic heterocycles. The van der Waals surface area contributed by atoms with Crippen LogP contribution in [0.25, 0.3) is 18.0 Å². The number of benzene rings is 1. The van der Waals surface area contributed by atoms with Gasteiger partial charge in [-0.05, 0) is 42.5 Å². The number of allylic oxidation sites excluding steroid dienone is 2. The minimum absolute atomic E-state index is 0.302. The molecule has 0 bridgehead atoms. The first-order chi connectivity index (χ1) is 16.1. The number of hydrogen-bond acceptors (Lipinski definition) is 6. The van der Waals surface area contributed by atoms with E-state index in [4.69, 9.17) is 5.73 Å². The van der Waals surface area contributed by atoms with Crippen molar-refractivity contribution in [3.63, 3.8) is 0 Å². The number of rotatable bonds is 5. The first-order valence-electron chi connectivity index (χ1n) is 10.8. The maximum Gasteiger partial charge on any atom is 0.250 e. The molecule has 1 fully saturated rings. The van der Waals surface area contributed by atoms with Gasteiger partial charge in [-0.15, -0.1) is 0 Å². The van der Waals surface area contributed by atoms with Gasteiger partial charge in [-0.2, -0.15) is 4.98 Å². The first-order valence-corrected chi connectivity index (χ1v) is 10.8. The zero-order valence-electron chi connectivity index (χ0n) is 17.9. The number of nitrogens with one attached hydrogen (secondary N) is 2. The number of hydrogen-bond donors (Lipinski definition) is 3. The van der Waals surface area contributed by atoms with Gasteiger partial charge in [0.1, 0.15) is 12.0 Å². The monoisotopic (exact) mass is 445 g/mol. The number of nitrogens with two attached hydrogens (primary N) is 1. The maximum absolute atomic E-state index is 14.2. The lowest BCUT2D eigenvalue weighted by Gasteiger charge is -2.29. The summed E-state index contributed by atoms with van der Waals surface area (Å²) in [5.74, 6) is 0.294. The number of halogens is 1. The second kappa shape index (κ2) is 8.87. The topological polar surface area (TPSA) is 101 Å². The van der Waals surface area contributed by atoms with Crippen molar-refractivity contribution in [1.29, 1.82) is 0 Å². The predicted molar refractivity (Wildman–Crippen MR) is 127 cm³/mol. The average Bonchev–Trinajstić information content (AvgIpc) is 3.07. The van der Waals surface area contributed by atoms with Gasteiger partial charge < -0.3 is 25.8 Å². The van der Waals surface area contributed by atoms with Gasteiger partial charge in [-0.1, -0.05) is 12.2 Å². The van der Waals surface area contributed by atoms with Gasteiger partial charge in [0.05, 0.1) is 10.9 Å². The third kappa shape index (κ3) is 4.35. The van der Waals surface area contributed by atoms with Crippen LogP contribution in [0, 0.1) is 0 Å². The van der Waals surface area contributed by atoms with E-state index in [0.29, 0.717) is 27.9 Å². The molecule has 8 nitrogen and oxygen atoms in total. The zero-order valence-corrected chi connectivity index (χ0v) is 17.9. The number of anilines is 3. The van der Waals surface area contributed by atoms with E-state index in [1.807, 2.05) is 12.1 Å². The lowest BCUT2D eigenvalue weighted by atomic mass is 10.2. The van der Waals surface area contributed by atoms with E-state index in [1.165, 1.54) is 17.8 Å². The van der Waals surface area contributed by atoms with Gasteiger partial charge in [0, 0.05) is 55.2 Å². The number of fused-ring (bicyclic) bond motifs is 1. The molecule has 2 aromatic heterocycles. The van der Waals surface area contributed by atoms with E-state index in [0.717, 1.165) is 31.9 Å². The van der Waals surface area contributed by atoms with Crippen LogP contribution in [0.4, 0.5) is 21.7 Å². The molecule has 1 saturated heterocycles. The zero-order chi connectivity index (χ0) is 22.8. The lowest BCUT2D eigenvalue weighted by molar-refractivity contribution is 0.0999. The average molecular weight is 446 g/mol. The molecular weight excluding hydrogens is 421 g/mol. The van der Waals surface area contributed by atoms with E-state index < -0.39 is 12.1 Å². The Labute approximate surface area is 189 Å². The van der Waals surface area contributed by atoms with Crippen molar-refractivity contribution in [2.24, 2.45) is 5.73 Å². The van der Waals surface area contributed by atoms with Gasteiger partial charge in [0.25, 0.3) is 5.91 Å². The summed E-state index contributed by atoms with van der Waals surface area (Å²) in [6.07, 6.45) is 8.02. The summed E-state index contributed by atoms with van der Waals surface area (Å²) in [5, 5.41) is 7.65. The van der Waals surface area contributed by atoms with E-state index in [-0.39, 0.29) is 0 Å². The van der Waals surface area contributed by atoms with Gasteiger partial charge in [0.15, 0.2) is 0 Å². The Kier molecular flexibility index (Phi) is 5.62. The Bertz CT molecular complexity index is 1320. The van der Waals surface area contributed by atoms with E-state index in [2.05, 4.69) is 37.6 Å². The molecule has 1 unspecified atom stereocenters. The summed E-state index contributed by atoms with van der Waals surface area (Å²) in [7, 11) is 0. The van der Waals surface area contributed by atoms with E-state index in [9.17, 15) is 9.18 Å². The molecule has 0 radical (unpaired) electrons. The molecule has 3 aromatic rings. The van der Waals surface area contributed by atoms with Crippen LogP contribution in [0.3, 0.4) is 0 Å². The minimum Gasteiger partial charge on any atom is -0.369 e. The standard InChI is InChI=1S/C24H24FN7O/c25-16-2-1-3-19-20(23(26)33)15-32(21(19)14-16)22-8-9-28-24(30-22)29-17-4-6-18(7-5-17)31-12-10-27-11-13-31/h1-9,14-16,27H,10-13H2,(H2,26,33)(H,28,29,30). The van der Waals surface area contributed by atoms with Crippen LogP contribution < -0.4 is 31.8 Å². The molecule has 4 N–H and O–H groups in total. The molecular formula is C24H24FN7O. The second-order valence-electron chi connectivity index (χ2n) is 7.89. The molecule has 2 aliphatic rings. The number of carbonyl (C=O) groups excluding carboxylic acids is 1. The molecule has 3 heterocycles. The molecule has 5 rings (SSSR count). The molecule has 0 spiro atoms. The fourth-order valence-corrected chi connectivity index (χ4v) is 4.08. The Hall–Kier alpha value is -3.98. The summed E-state index contributed by atoms with van der Waals surface area (Å²) in [6, 6.07) is 9.82. The molecule has 1 aliphatic carbocycles. The largest absolute Gasteiger partial charge is 0.369 e. The highest BCUT2D eigenvalue weighted by Crippen LogP contribution is 2.20. The minimum atomic E-state index is -1.29. The van der Waals surface area contributed by atoms with Gasteiger partial charge in [0.2, 0.25) is 5.95 Å². The number of aromatic nitrogens is 3. The summed E-state index contributed by atoms with van der Waals surface area (Å²) < 4.78 is 15.9. The molecule has 1 amide bonds. The number of alkyl halides is 1. The Morgan fingerprint density at radius 1 is 1.18 bits per heavy atom. The van der Waals surface area contributed by atoms with Crippen LogP contribution in [-0.4, -0.2) is 52.8 Å². The quantitative estimate of drug-likeness (QED) is 0.542. The number of carbonyl (C=O) groups is 1. The van der Waals surface area contributed by atoms with Crippen LogP contribution in [0.1, 0.15) is 10.4 Å². The van der Waals surface area contributed by atoms with Crippen LogP contribution in [0.5, 0.6) is 0 Å². The van der Waals surface area contributed by atoms with E-state index in [1.54, 1.807) is 35.2 Å². The van der Waals surface area contributed by atoms with Crippen molar-refractivity contribution < 1.29 is 9.18 Å². The predicted octanol–water partition coefficient (Wildman–Crippen LogP) is 0.988. The van der Waals surface area contributed by atoms with Crippen molar-refractivity contribution in [1.82, 2.24) is 19.9 Å². The number of piperazine rings is 1. The van der Waals surface area contributed by atoms with Crippen molar-refractivity contribution >= 4 is 35.4 Å². The van der Waals surface area contributed by atoms with Gasteiger partial charge in [-0.25, -0.2) is 9.37 Å². The third-order valence-corrected chi connectivity index (χ3v) is 5.72. The molecule has 168 valence electrons. The van der Waals surface area contributed by atoms with Gasteiger partial charge >= 0.3 is 0 Å². The highest BCUT2D eigenvalue weighted by molar-refractivity contribution is 5.93. The lowest BCUT2D eigenvalue weighted by Crippen LogP contribution is -2.43. The number of nitrogens with zero attached hydrogens (tertiary/aromatic N) is 4. The van der Waals surface area contributed by atoms with Crippen LogP contribution in [0.2, 0.25) is 0 Å². The van der Waals surface area contributed by atoms with Crippen LogP contribution in [-0.2, 0) is 0 Å². The number of amides is 1. The summed E-state index contributed by atoms with van der Waals surface area (Å²) >= 11 is 0. The molecule has 9 heteroatoms. The molecule has 33 heavy (non-hydrogen) atoms. The summed E-state index contributed by atoms with van der Waals surface area (Å²) in [6.45, 7) is 3.93. The van der Waals surface area contributed by atoms with E-state index >= 15 is 0 Å².